The van der Waals surface area contributed by atoms with Crippen molar-refractivity contribution in [1.29, 1.82) is 0 Å². The molecule has 1 N–H and O–H groups in total. The minimum absolute atomic E-state index is 0.357. The van der Waals surface area contributed by atoms with E-state index in [1.165, 1.54) is 12.0 Å². The third kappa shape index (κ3) is 3.88. The summed E-state index contributed by atoms with van der Waals surface area (Å²) in [5.41, 5.74) is 3.64. The van der Waals surface area contributed by atoms with Crippen molar-refractivity contribution in [2.75, 3.05) is 12.4 Å². The number of rotatable bonds is 5. The lowest BCUT2D eigenvalue weighted by Crippen LogP contribution is -2.01. The highest BCUT2D eigenvalue weighted by molar-refractivity contribution is 9.10. The van der Waals surface area contributed by atoms with Gasteiger partial charge in [-0.2, -0.15) is 0 Å². The van der Waals surface area contributed by atoms with Gasteiger partial charge in [-0.25, -0.2) is 14.8 Å². The minimum atomic E-state index is -0.357. The number of ether oxygens (including phenoxy) is 1. The molecule has 4 aromatic rings. The molecular formula is C22H18BrN3O2S. The van der Waals surface area contributed by atoms with E-state index in [1.54, 1.807) is 29.8 Å². The van der Waals surface area contributed by atoms with E-state index in [1.807, 2.05) is 24.3 Å². The highest BCUT2D eigenvalue weighted by Gasteiger charge is 2.18. The number of hydrogen-bond donors (Lipinski definition) is 1. The monoisotopic (exact) mass is 467 g/mol. The Morgan fingerprint density at radius 2 is 1.83 bits per heavy atom. The van der Waals surface area contributed by atoms with Crippen LogP contribution in [0.15, 0.2) is 59.3 Å². The van der Waals surface area contributed by atoms with Crippen LogP contribution in [0.3, 0.4) is 0 Å². The quantitative estimate of drug-likeness (QED) is 0.353. The molecule has 29 heavy (non-hydrogen) atoms. The standard InChI is InChI=1S/C22H18BrN3O2S/c1-3-17-18(13-4-8-15(23)9-5-13)19-20(24-12-25-21(19)29-17)26-16-10-6-14(7-11-16)22(27)28-2/h4-12H,3H2,1-2H3,(H,24,25,26). The van der Waals surface area contributed by atoms with Crippen LogP contribution in [0.1, 0.15) is 22.2 Å². The summed E-state index contributed by atoms with van der Waals surface area (Å²) in [5, 5.41) is 4.39. The molecule has 0 atom stereocenters. The van der Waals surface area contributed by atoms with E-state index >= 15 is 0 Å². The molecule has 0 radical (unpaired) electrons. The fraction of sp³-hybridized carbons (Fsp3) is 0.136. The van der Waals surface area contributed by atoms with Gasteiger partial charge in [0.25, 0.3) is 0 Å². The summed E-state index contributed by atoms with van der Waals surface area (Å²) in [7, 11) is 1.37. The first kappa shape index (κ1) is 19.5. The van der Waals surface area contributed by atoms with Crippen molar-refractivity contribution >= 4 is 55.0 Å². The Morgan fingerprint density at radius 3 is 2.48 bits per heavy atom. The van der Waals surface area contributed by atoms with Gasteiger partial charge in [-0.15, -0.1) is 11.3 Å². The fourth-order valence-corrected chi connectivity index (χ4v) is 4.55. The smallest absolute Gasteiger partial charge is 0.337 e. The van der Waals surface area contributed by atoms with Crippen LogP contribution in [0, 0.1) is 0 Å². The predicted octanol–water partition coefficient (Wildman–Crippen LogP) is 6.21. The van der Waals surface area contributed by atoms with Gasteiger partial charge in [-0.05, 0) is 48.4 Å². The number of nitrogens with zero attached hydrogens (tertiary/aromatic N) is 2. The molecule has 2 heterocycles. The molecule has 7 heteroatoms. The van der Waals surface area contributed by atoms with Crippen LogP contribution < -0.4 is 5.32 Å². The highest BCUT2D eigenvalue weighted by atomic mass is 79.9. The van der Waals surface area contributed by atoms with Gasteiger partial charge < -0.3 is 10.1 Å². The summed E-state index contributed by atoms with van der Waals surface area (Å²) in [6.07, 6.45) is 2.49. The first-order chi connectivity index (χ1) is 14.1. The topological polar surface area (TPSA) is 64.1 Å². The van der Waals surface area contributed by atoms with E-state index in [0.717, 1.165) is 43.7 Å². The second-order valence-corrected chi connectivity index (χ2v) is 8.36. The molecule has 0 saturated heterocycles. The summed E-state index contributed by atoms with van der Waals surface area (Å²) in [6, 6.07) is 15.4. The van der Waals surface area contributed by atoms with Crippen molar-refractivity contribution in [3.63, 3.8) is 0 Å². The number of aryl methyl sites for hydroxylation is 1. The number of hydrogen-bond acceptors (Lipinski definition) is 6. The number of esters is 1. The zero-order valence-electron chi connectivity index (χ0n) is 15.9. The Labute approximate surface area is 180 Å². The van der Waals surface area contributed by atoms with E-state index < -0.39 is 0 Å². The molecule has 0 unspecified atom stereocenters. The predicted molar refractivity (Wildman–Crippen MR) is 121 cm³/mol. The number of methoxy groups -OCH3 is 1. The van der Waals surface area contributed by atoms with Gasteiger partial charge in [0, 0.05) is 20.6 Å². The molecular weight excluding hydrogens is 450 g/mol. The number of nitrogens with one attached hydrogen (secondary N) is 1. The van der Waals surface area contributed by atoms with Crippen molar-refractivity contribution in [3.05, 3.63) is 69.8 Å². The Hall–Kier alpha value is -2.77. The molecule has 2 aromatic carbocycles. The largest absolute Gasteiger partial charge is 0.465 e. The second kappa shape index (κ2) is 8.31. The molecule has 0 aliphatic rings. The van der Waals surface area contributed by atoms with Crippen LogP contribution in [0.4, 0.5) is 11.5 Å². The van der Waals surface area contributed by atoms with E-state index in [2.05, 4.69) is 50.3 Å². The molecule has 0 fully saturated rings. The molecule has 0 spiro atoms. The number of aromatic nitrogens is 2. The summed E-state index contributed by atoms with van der Waals surface area (Å²) < 4.78 is 5.80. The molecule has 0 amide bonds. The van der Waals surface area contributed by atoms with Crippen molar-refractivity contribution < 1.29 is 9.53 Å². The van der Waals surface area contributed by atoms with Crippen molar-refractivity contribution in [3.8, 4) is 11.1 Å². The van der Waals surface area contributed by atoms with E-state index in [-0.39, 0.29) is 5.97 Å². The van der Waals surface area contributed by atoms with Crippen LogP contribution in [0.5, 0.6) is 0 Å². The van der Waals surface area contributed by atoms with Gasteiger partial charge in [-0.1, -0.05) is 35.0 Å². The average Bonchev–Trinajstić information content (AvgIpc) is 3.14. The number of anilines is 2. The number of halogens is 1. The Balaban J connectivity index is 1.80. The molecule has 5 nitrogen and oxygen atoms in total. The summed E-state index contributed by atoms with van der Waals surface area (Å²) >= 11 is 5.20. The van der Waals surface area contributed by atoms with Crippen molar-refractivity contribution in [2.24, 2.45) is 0 Å². The number of fused-ring (bicyclic) bond motifs is 1. The zero-order chi connectivity index (χ0) is 20.4. The summed E-state index contributed by atoms with van der Waals surface area (Å²) in [6.45, 7) is 2.15. The highest BCUT2D eigenvalue weighted by Crippen LogP contribution is 2.42. The first-order valence-electron chi connectivity index (χ1n) is 9.08. The van der Waals surface area contributed by atoms with E-state index in [9.17, 15) is 4.79 Å². The number of carbonyl (C=O) groups excluding carboxylic acids is 1. The maximum Gasteiger partial charge on any atom is 0.337 e. The number of thiophene rings is 1. The normalized spacial score (nSPS) is 10.9. The molecule has 146 valence electrons. The second-order valence-electron chi connectivity index (χ2n) is 6.36. The van der Waals surface area contributed by atoms with E-state index in [0.29, 0.717) is 5.56 Å². The SMILES string of the molecule is CCc1sc2ncnc(Nc3ccc(C(=O)OC)cc3)c2c1-c1ccc(Br)cc1. The number of benzene rings is 2. The summed E-state index contributed by atoms with van der Waals surface area (Å²) in [4.78, 5) is 22.9. The van der Waals surface area contributed by atoms with Gasteiger partial charge >= 0.3 is 5.97 Å². The van der Waals surface area contributed by atoms with Gasteiger partial charge in [0.2, 0.25) is 0 Å². The first-order valence-corrected chi connectivity index (χ1v) is 10.7. The zero-order valence-corrected chi connectivity index (χ0v) is 18.3. The molecule has 0 saturated carbocycles. The van der Waals surface area contributed by atoms with E-state index in [4.69, 9.17) is 4.74 Å². The van der Waals surface area contributed by atoms with Gasteiger partial charge in [0.15, 0.2) is 0 Å². The minimum Gasteiger partial charge on any atom is -0.465 e. The van der Waals surface area contributed by atoms with Gasteiger partial charge in [-0.3, -0.25) is 0 Å². The molecule has 4 rings (SSSR count). The van der Waals surface area contributed by atoms with Gasteiger partial charge in [0.1, 0.15) is 17.0 Å². The third-order valence-electron chi connectivity index (χ3n) is 4.58. The molecule has 0 aliphatic heterocycles. The lowest BCUT2D eigenvalue weighted by molar-refractivity contribution is 0.0601. The van der Waals surface area contributed by atoms with Crippen LogP contribution >= 0.6 is 27.3 Å². The fourth-order valence-electron chi connectivity index (χ4n) is 3.19. The maximum absolute atomic E-state index is 11.7. The molecule has 0 bridgehead atoms. The lowest BCUT2D eigenvalue weighted by atomic mass is 10.0. The van der Waals surface area contributed by atoms with Crippen molar-refractivity contribution in [2.45, 2.75) is 13.3 Å². The molecule has 2 aromatic heterocycles. The summed E-state index contributed by atoms with van der Waals surface area (Å²) in [5.74, 6) is 0.388. The Morgan fingerprint density at radius 1 is 1.10 bits per heavy atom. The maximum atomic E-state index is 11.7. The van der Waals surface area contributed by atoms with Crippen LogP contribution in [-0.2, 0) is 11.2 Å². The van der Waals surface area contributed by atoms with Crippen LogP contribution in [-0.4, -0.2) is 23.0 Å². The Bertz CT molecular complexity index is 1170. The number of carbonyl (C=O) groups is 1. The lowest BCUT2D eigenvalue weighted by Gasteiger charge is -2.10. The van der Waals surface area contributed by atoms with Crippen LogP contribution in [0.25, 0.3) is 21.3 Å². The molecule has 0 aliphatic carbocycles. The third-order valence-corrected chi connectivity index (χ3v) is 6.35. The Kier molecular flexibility index (Phi) is 5.60. The van der Waals surface area contributed by atoms with Crippen molar-refractivity contribution in [1.82, 2.24) is 9.97 Å². The van der Waals surface area contributed by atoms with Gasteiger partial charge in [0.05, 0.1) is 18.1 Å². The van der Waals surface area contributed by atoms with Crippen LogP contribution in [0.2, 0.25) is 0 Å². The average molecular weight is 468 g/mol.